The number of aliphatic hydroxyl groups is 1. The average Bonchev–Trinajstić information content (AvgIpc) is 1.90. The van der Waals surface area contributed by atoms with Gasteiger partial charge in [0.25, 0.3) is 0 Å². The molecular formula is C6H7NO2. The number of nitrogens with zero attached hydrogens (tertiary/aromatic N) is 1. The minimum absolute atomic E-state index is 0.231. The molecule has 0 aliphatic carbocycles. The number of aliphatic hydroxyl groups excluding tert-OH is 1. The van der Waals surface area contributed by atoms with Crippen molar-refractivity contribution in [3.05, 3.63) is 12.2 Å². The van der Waals surface area contributed by atoms with Gasteiger partial charge in [0, 0.05) is 0 Å². The van der Waals surface area contributed by atoms with Crippen LogP contribution in [0.4, 0.5) is 0 Å². The Balaban J connectivity index is 2.50. The fraction of sp³-hybridized carbons (Fsp3) is 0.500. The van der Waals surface area contributed by atoms with Crippen molar-refractivity contribution in [2.45, 2.75) is 12.2 Å². The van der Waals surface area contributed by atoms with Gasteiger partial charge in [-0.2, -0.15) is 5.26 Å². The Morgan fingerprint density at radius 3 is 2.89 bits per heavy atom. The highest BCUT2D eigenvalue weighted by molar-refractivity contribution is 5.07. The number of hydrogen-bond acceptors (Lipinski definition) is 3. The molecule has 0 saturated carbocycles. The molecule has 48 valence electrons. The van der Waals surface area contributed by atoms with E-state index in [1.165, 1.54) is 0 Å². The summed E-state index contributed by atoms with van der Waals surface area (Å²) in [7, 11) is 0. The molecule has 1 aliphatic rings. The van der Waals surface area contributed by atoms with Crippen molar-refractivity contribution in [3.8, 4) is 6.07 Å². The van der Waals surface area contributed by atoms with Crippen molar-refractivity contribution in [2.75, 3.05) is 6.61 Å². The summed E-state index contributed by atoms with van der Waals surface area (Å²) in [5.41, 5.74) is 0. The second-order valence-corrected chi connectivity index (χ2v) is 1.84. The first kappa shape index (κ1) is 6.27. The largest absolute Gasteiger partial charge is 0.387 e. The Bertz CT molecular complexity index is 159. The van der Waals surface area contributed by atoms with E-state index in [1.54, 1.807) is 12.2 Å². The molecule has 1 heterocycles. The van der Waals surface area contributed by atoms with Crippen LogP contribution in [-0.4, -0.2) is 23.9 Å². The first-order valence-electron chi connectivity index (χ1n) is 2.70. The standard InChI is InChI=1S/C6H7NO2/c7-3-6-2-1-5(8)4-9-6/h1-2,5-6,8H,4H2/t5-,6-/m0/s1. The first-order chi connectivity index (χ1) is 4.33. The maximum atomic E-state index is 8.80. The average molecular weight is 125 g/mol. The molecule has 0 aromatic heterocycles. The SMILES string of the molecule is N#C[C@@H]1C=C[C@H](O)CO1. The first-order valence-corrected chi connectivity index (χ1v) is 2.70. The molecule has 0 unspecified atom stereocenters. The van der Waals surface area contributed by atoms with Gasteiger partial charge in [0.05, 0.1) is 18.8 Å². The van der Waals surface area contributed by atoms with Crippen LogP contribution in [0.15, 0.2) is 12.2 Å². The van der Waals surface area contributed by atoms with Gasteiger partial charge in [-0.15, -0.1) is 0 Å². The molecule has 1 aliphatic heterocycles. The molecule has 0 radical (unpaired) electrons. The van der Waals surface area contributed by atoms with Crippen LogP contribution in [0.25, 0.3) is 0 Å². The van der Waals surface area contributed by atoms with Crippen molar-refractivity contribution in [1.29, 1.82) is 5.26 Å². The summed E-state index contributed by atoms with van der Waals surface area (Å²) in [4.78, 5) is 0. The van der Waals surface area contributed by atoms with Crippen LogP contribution >= 0.6 is 0 Å². The highest BCUT2D eigenvalue weighted by atomic mass is 16.5. The summed E-state index contributed by atoms with van der Waals surface area (Å²) in [6.07, 6.45) is 2.12. The van der Waals surface area contributed by atoms with Gasteiger partial charge in [0.2, 0.25) is 0 Å². The van der Waals surface area contributed by atoms with E-state index in [2.05, 4.69) is 0 Å². The Hall–Kier alpha value is -0.850. The van der Waals surface area contributed by atoms with Crippen molar-refractivity contribution >= 4 is 0 Å². The second kappa shape index (κ2) is 2.62. The van der Waals surface area contributed by atoms with Gasteiger partial charge in [0.15, 0.2) is 6.10 Å². The molecule has 1 N–H and O–H groups in total. The molecular weight excluding hydrogens is 118 g/mol. The van der Waals surface area contributed by atoms with E-state index in [4.69, 9.17) is 15.1 Å². The molecule has 1 rings (SSSR count). The van der Waals surface area contributed by atoms with Crippen LogP contribution in [-0.2, 0) is 4.74 Å². The lowest BCUT2D eigenvalue weighted by Gasteiger charge is -2.14. The lowest BCUT2D eigenvalue weighted by atomic mass is 10.2. The molecule has 0 amide bonds. The third-order valence-electron chi connectivity index (χ3n) is 1.08. The third-order valence-corrected chi connectivity index (χ3v) is 1.08. The van der Waals surface area contributed by atoms with E-state index in [0.717, 1.165) is 0 Å². The Kier molecular flexibility index (Phi) is 1.83. The molecule has 0 aromatic rings. The molecule has 9 heavy (non-hydrogen) atoms. The smallest absolute Gasteiger partial charge is 0.162 e. The van der Waals surface area contributed by atoms with Crippen LogP contribution < -0.4 is 0 Å². The van der Waals surface area contributed by atoms with Gasteiger partial charge >= 0.3 is 0 Å². The third kappa shape index (κ3) is 1.53. The van der Waals surface area contributed by atoms with Crippen LogP contribution in [0.5, 0.6) is 0 Å². The normalized spacial score (nSPS) is 33.8. The Morgan fingerprint density at radius 1 is 1.67 bits per heavy atom. The summed E-state index contributed by atoms with van der Waals surface area (Å²) in [6, 6.07) is 1.90. The molecule has 0 fully saturated rings. The lowest BCUT2D eigenvalue weighted by molar-refractivity contribution is 0.0372. The monoisotopic (exact) mass is 125 g/mol. The van der Waals surface area contributed by atoms with Gasteiger partial charge in [-0.3, -0.25) is 0 Å². The van der Waals surface area contributed by atoms with Gasteiger partial charge in [-0.05, 0) is 6.08 Å². The van der Waals surface area contributed by atoms with Crippen LogP contribution in [0.1, 0.15) is 0 Å². The maximum Gasteiger partial charge on any atom is 0.162 e. The number of hydrogen-bond donors (Lipinski definition) is 1. The number of rotatable bonds is 0. The zero-order valence-electron chi connectivity index (χ0n) is 4.82. The molecule has 0 saturated heterocycles. The Labute approximate surface area is 53.2 Å². The quantitative estimate of drug-likeness (QED) is 0.457. The van der Waals surface area contributed by atoms with Crippen molar-refractivity contribution in [2.24, 2.45) is 0 Å². The summed E-state index contributed by atoms with van der Waals surface area (Å²) >= 11 is 0. The molecule has 0 aromatic carbocycles. The Morgan fingerprint density at radius 2 is 2.44 bits per heavy atom. The van der Waals surface area contributed by atoms with Crippen LogP contribution in [0.2, 0.25) is 0 Å². The zero-order valence-corrected chi connectivity index (χ0v) is 4.82. The summed E-state index contributed by atoms with van der Waals surface area (Å²) in [5, 5.41) is 17.1. The van der Waals surface area contributed by atoms with Crippen molar-refractivity contribution < 1.29 is 9.84 Å². The minimum atomic E-state index is -0.533. The maximum absolute atomic E-state index is 8.80. The van der Waals surface area contributed by atoms with Crippen LogP contribution in [0.3, 0.4) is 0 Å². The topological polar surface area (TPSA) is 53.2 Å². The zero-order chi connectivity index (χ0) is 6.69. The predicted octanol–water partition coefficient (Wildman–Crippen LogP) is -0.174. The van der Waals surface area contributed by atoms with E-state index >= 15 is 0 Å². The van der Waals surface area contributed by atoms with E-state index in [0.29, 0.717) is 0 Å². The van der Waals surface area contributed by atoms with Crippen LogP contribution in [0, 0.1) is 11.3 Å². The highest BCUT2D eigenvalue weighted by Gasteiger charge is 2.11. The second-order valence-electron chi connectivity index (χ2n) is 1.84. The van der Waals surface area contributed by atoms with Gasteiger partial charge in [-0.25, -0.2) is 0 Å². The van der Waals surface area contributed by atoms with Gasteiger partial charge in [0.1, 0.15) is 0 Å². The summed E-state index contributed by atoms with van der Waals surface area (Å²) < 4.78 is 4.84. The summed E-state index contributed by atoms with van der Waals surface area (Å²) in [6.45, 7) is 0.231. The van der Waals surface area contributed by atoms with E-state index in [-0.39, 0.29) is 6.61 Å². The molecule has 2 atom stereocenters. The van der Waals surface area contributed by atoms with Gasteiger partial charge in [-0.1, -0.05) is 6.08 Å². The number of nitriles is 1. The molecule has 3 heteroatoms. The fourth-order valence-corrected chi connectivity index (χ4v) is 0.623. The minimum Gasteiger partial charge on any atom is -0.387 e. The molecule has 3 nitrogen and oxygen atoms in total. The molecule has 0 spiro atoms. The highest BCUT2D eigenvalue weighted by Crippen LogP contribution is 2.02. The van der Waals surface area contributed by atoms with Crippen molar-refractivity contribution in [1.82, 2.24) is 0 Å². The van der Waals surface area contributed by atoms with E-state index in [9.17, 15) is 0 Å². The predicted molar refractivity (Wildman–Crippen MR) is 30.5 cm³/mol. The van der Waals surface area contributed by atoms with Crippen molar-refractivity contribution in [3.63, 3.8) is 0 Å². The fourth-order valence-electron chi connectivity index (χ4n) is 0.623. The van der Waals surface area contributed by atoms with Gasteiger partial charge < -0.3 is 9.84 Å². The summed E-state index contributed by atoms with van der Waals surface area (Å²) in [5.74, 6) is 0. The van der Waals surface area contributed by atoms with E-state index in [1.807, 2.05) is 6.07 Å². The molecule has 0 bridgehead atoms. The van der Waals surface area contributed by atoms with E-state index < -0.39 is 12.2 Å². The lowest BCUT2D eigenvalue weighted by Crippen LogP contribution is -2.22. The number of ether oxygens (including phenoxy) is 1.